The number of nitrogens with zero attached hydrogens (tertiary/aromatic N) is 1. The van der Waals surface area contributed by atoms with Gasteiger partial charge in [0.25, 0.3) is 0 Å². The van der Waals surface area contributed by atoms with Gasteiger partial charge >= 0.3 is 0 Å². The molecule has 3 nitrogen and oxygen atoms in total. The Bertz CT molecular complexity index is 728. The highest BCUT2D eigenvalue weighted by Gasteiger charge is 2.25. The van der Waals surface area contributed by atoms with Gasteiger partial charge in [0.15, 0.2) is 0 Å². The zero-order valence-corrected chi connectivity index (χ0v) is 13.6. The second-order valence-electron chi connectivity index (χ2n) is 6.17. The number of hydrogen-bond donors (Lipinski definition) is 1. The number of halogens is 2. The van der Waals surface area contributed by atoms with Crippen LogP contribution in [0.25, 0.3) is 0 Å². The fourth-order valence-electron chi connectivity index (χ4n) is 3.32. The van der Waals surface area contributed by atoms with Crippen LogP contribution >= 0.6 is 0 Å². The van der Waals surface area contributed by atoms with Crippen LogP contribution in [-0.4, -0.2) is 24.4 Å². The predicted molar refractivity (Wildman–Crippen MR) is 89.7 cm³/mol. The van der Waals surface area contributed by atoms with E-state index in [0.29, 0.717) is 0 Å². The summed E-state index contributed by atoms with van der Waals surface area (Å²) in [6.45, 7) is 0.0762. The molecule has 0 saturated heterocycles. The Kier molecular flexibility index (Phi) is 4.90. The Labute approximate surface area is 140 Å². The van der Waals surface area contributed by atoms with Gasteiger partial charge in [0.1, 0.15) is 17.3 Å². The van der Waals surface area contributed by atoms with Crippen LogP contribution in [0.15, 0.2) is 42.5 Å². The van der Waals surface area contributed by atoms with Gasteiger partial charge in [0.05, 0.1) is 6.54 Å². The first-order chi connectivity index (χ1) is 11.6. The van der Waals surface area contributed by atoms with Crippen LogP contribution in [0, 0.1) is 11.6 Å². The van der Waals surface area contributed by atoms with Crippen LogP contribution in [0.5, 0.6) is 0 Å². The summed E-state index contributed by atoms with van der Waals surface area (Å²) in [6, 6.07) is 11.9. The Morgan fingerprint density at radius 1 is 1.17 bits per heavy atom. The molecule has 0 fully saturated rings. The number of carbonyl (C=O) groups is 1. The third-order valence-electron chi connectivity index (χ3n) is 4.49. The monoisotopic (exact) mass is 330 g/mol. The highest BCUT2D eigenvalue weighted by atomic mass is 19.1. The van der Waals surface area contributed by atoms with E-state index in [0.717, 1.165) is 31.4 Å². The average molecular weight is 330 g/mol. The molecule has 0 heterocycles. The number of likely N-dealkylation sites (N-methyl/N-ethyl adjacent to an activating group) is 1. The van der Waals surface area contributed by atoms with Gasteiger partial charge in [-0.25, -0.2) is 8.78 Å². The fourth-order valence-corrected chi connectivity index (χ4v) is 3.32. The Balaban J connectivity index is 1.69. The summed E-state index contributed by atoms with van der Waals surface area (Å²) in [5.41, 5.74) is 2.15. The van der Waals surface area contributed by atoms with E-state index in [-0.39, 0.29) is 18.3 Å². The largest absolute Gasteiger partial charge is 0.320 e. The van der Waals surface area contributed by atoms with Crippen LogP contribution in [-0.2, 0) is 11.2 Å². The standard InChI is InChI=1S/C19H20F2N2O/c1-23(17-11-4-7-13-6-2-3-8-14(13)17)12-18(24)22-19-15(20)9-5-10-16(19)21/h2-3,5-6,8-10,17H,4,7,11-12H2,1H3,(H,22,24). The smallest absolute Gasteiger partial charge is 0.238 e. The van der Waals surface area contributed by atoms with Gasteiger partial charge in [0, 0.05) is 6.04 Å². The van der Waals surface area contributed by atoms with Gasteiger partial charge in [-0.2, -0.15) is 0 Å². The number of hydrogen-bond acceptors (Lipinski definition) is 2. The van der Waals surface area contributed by atoms with E-state index in [4.69, 9.17) is 0 Å². The highest BCUT2D eigenvalue weighted by Crippen LogP contribution is 2.33. The van der Waals surface area contributed by atoms with E-state index in [9.17, 15) is 13.6 Å². The van der Waals surface area contributed by atoms with Gasteiger partial charge < -0.3 is 5.32 Å². The second kappa shape index (κ2) is 7.09. The van der Waals surface area contributed by atoms with Crippen molar-refractivity contribution in [1.29, 1.82) is 0 Å². The van der Waals surface area contributed by atoms with Crippen molar-refractivity contribution in [2.24, 2.45) is 0 Å². The number of nitrogens with one attached hydrogen (secondary N) is 1. The molecule has 0 radical (unpaired) electrons. The summed E-state index contributed by atoms with van der Waals surface area (Å²) in [5.74, 6) is -1.97. The maximum atomic E-state index is 13.6. The molecular weight excluding hydrogens is 310 g/mol. The van der Waals surface area contributed by atoms with Crippen molar-refractivity contribution < 1.29 is 13.6 Å². The maximum absolute atomic E-state index is 13.6. The maximum Gasteiger partial charge on any atom is 0.238 e. The lowest BCUT2D eigenvalue weighted by Gasteiger charge is -2.32. The zero-order valence-electron chi connectivity index (χ0n) is 13.6. The van der Waals surface area contributed by atoms with Crippen molar-refractivity contribution in [1.82, 2.24) is 4.90 Å². The summed E-state index contributed by atoms with van der Waals surface area (Å²) in [5, 5.41) is 2.34. The highest BCUT2D eigenvalue weighted by molar-refractivity contribution is 5.92. The lowest BCUT2D eigenvalue weighted by atomic mass is 9.87. The van der Waals surface area contributed by atoms with Crippen LogP contribution in [0.3, 0.4) is 0 Å². The molecule has 2 aromatic rings. The Hall–Kier alpha value is -2.27. The van der Waals surface area contributed by atoms with E-state index >= 15 is 0 Å². The summed E-state index contributed by atoms with van der Waals surface area (Å²) in [6.07, 6.45) is 3.08. The van der Waals surface area contributed by atoms with E-state index < -0.39 is 17.5 Å². The minimum Gasteiger partial charge on any atom is -0.320 e. The minimum atomic E-state index is -0.769. The molecule has 5 heteroatoms. The molecule has 1 unspecified atom stereocenters. The van der Waals surface area contributed by atoms with E-state index in [1.165, 1.54) is 17.2 Å². The molecule has 0 spiro atoms. The number of amides is 1. The van der Waals surface area contributed by atoms with Crippen LogP contribution in [0.4, 0.5) is 14.5 Å². The Morgan fingerprint density at radius 2 is 1.88 bits per heavy atom. The molecular formula is C19H20F2N2O. The predicted octanol–water partition coefficient (Wildman–Crippen LogP) is 3.91. The average Bonchev–Trinajstić information content (AvgIpc) is 2.57. The molecule has 0 aliphatic heterocycles. The van der Waals surface area contributed by atoms with Crippen molar-refractivity contribution >= 4 is 11.6 Å². The zero-order chi connectivity index (χ0) is 17.1. The first-order valence-electron chi connectivity index (χ1n) is 8.08. The summed E-state index contributed by atoms with van der Waals surface area (Å²) < 4.78 is 27.3. The van der Waals surface area contributed by atoms with Crippen molar-refractivity contribution in [3.8, 4) is 0 Å². The quantitative estimate of drug-likeness (QED) is 0.922. The number of fused-ring (bicyclic) bond motifs is 1. The van der Waals surface area contributed by atoms with Crippen molar-refractivity contribution in [2.45, 2.75) is 25.3 Å². The molecule has 1 amide bonds. The van der Waals surface area contributed by atoms with Gasteiger partial charge in [0.2, 0.25) is 5.91 Å². The molecule has 126 valence electrons. The number of carbonyl (C=O) groups excluding carboxylic acids is 1. The molecule has 0 aromatic heterocycles. The van der Waals surface area contributed by atoms with Crippen molar-refractivity contribution in [2.75, 3.05) is 18.9 Å². The lowest BCUT2D eigenvalue weighted by Crippen LogP contribution is -2.35. The SMILES string of the molecule is CN(CC(=O)Nc1c(F)cccc1F)C1CCCc2ccccc21. The molecule has 3 rings (SSSR count). The molecule has 2 aromatic carbocycles. The molecule has 0 bridgehead atoms. The van der Waals surface area contributed by atoms with Crippen LogP contribution in [0.2, 0.25) is 0 Å². The number of anilines is 1. The van der Waals surface area contributed by atoms with E-state index in [2.05, 4.69) is 17.4 Å². The summed E-state index contributed by atoms with van der Waals surface area (Å²) in [4.78, 5) is 14.1. The normalized spacial score (nSPS) is 16.8. The van der Waals surface area contributed by atoms with Crippen LogP contribution in [0.1, 0.15) is 30.0 Å². The molecule has 1 aliphatic carbocycles. The number of para-hydroxylation sites is 1. The van der Waals surface area contributed by atoms with Gasteiger partial charge in [-0.1, -0.05) is 30.3 Å². The molecule has 24 heavy (non-hydrogen) atoms. The Morgan fingerprint density at radius 3 is 2.62 bits per heavy atom. The van der Waals surface area contributed by atoms with Crippen molar-refractivity contribution in [3.05, 3.63) is 65.2 Å². The first-order valence-corrected chi connectivity index (χ1v) is 8.08. The first kappa shape index (κ1) is 16.6. The number of aryl methyl sites for hydroxylation is 1. The topological polar surface area (TPSA) is 32.3 Å². The summed E-state index contributed by atoms with van der Waals surface area (Å²) in [7, 11) is 1.87. The van der Waals surface area contributed by atoms with Gasteiger partial charge in [-0.15, -0.1) is 0 Å². The molecule has 0 saturated carbocycles. The lowest BCUT2D eigenvalue weighted by molar-refractivity contribution is -0.117. The fraction of sp³-hybridized carbons (Fsp3) is 0.316. The van der Waals surface area contributed by atoms with Gasteiger partial charge in [-0.3, -0.25) is 9.69 Å². The van der Waals surface area contributed by atoms with Crippen LogP contribution < -0.4 is 5.32 Å². The minimum absolute atomic E-state index is 0.0762. The van der Waals surface area contributed by atoms with E-state index in [1.54, 1.807) is 0 Å². The number of rotatable bonds is 4. The van der Waals surface area contributed by atoms with E-state index in [1.807, 2.05) is 24.1 Å². The second-order valence-corrected chi connectivity index (χ2v) is 6.17. The molecule has 1 aliphatic rings. The summed E-state index contributed by atoms with van der Waals surface area (Å²) >= 11 is 0. The molecule has 1 N–H and O–H groups in total. The number of benzene rings is 2. The third-order valence-corrected chi connectivity index (χ3v) is 4.49. The third kappa shape index (κ3) is 3.46. The molecule has 1 atom stereocenters. The van der Waals surface area contributed by atoms with Crippen molar-refractivity contribution in [3.63, 3.8) is 0 Å². The van der Waals surface area contributed by atoms with Gasteiger partial charge in [-0.05, 0) is 49.6 Å².